The van der Waals surface area contributed by atoms with Crippen molar-refractivity contribution in [2.45, 2.75) is 12.8 Å². The second kappa shape index (κ2) is 9.88. The second-order valence-electron chi connectivity index (χ2n) is 4.43. The van der Waals surface area contributed by atoms with Crippen LogP contribution >= 0.6 is 22.0 Å². The molecule has 20 heavy (non-hydrogen) atoms. The van der Waals surface area contributed by atoms with Crippen LogP contribution < -0.4 is 9.44 Å². The summed E-state index contributed by atoms with van der Waals surface area (Å²) in [5.41, 5.74) is 2.75. The average molecular weight is 304 g/mol. The number of benzene rings is 2. The summed E-state index contributed by atoms with van der Waals surface area (Å²) in [6, 6.07) is 21.1. The van der Waals surface area contributed by atoms with Gasteiger partial charge in [-0.25, -0.2) is 0 Å². The van der Waals surface area contributed by atoms with E-state index in [0.29, 0.717) is 0 Å². The maximum absolute atomic E-state index is 3.35. The van der Waals surface area contributed by atoms with Crippen molar-refractivity contribution in [1.82, 2.24) is 9.44 Å². The molecule has 0 spiro atoms. The molecular formula is C16H20N2S2. The molecule has 4 heteroatoms. The van der Waals surface area contributed by atoms with Crippen molar-refractivity contribution in [3.63, 3.8) is 0 Å². The molecule has 0 aliphatic heterocycles. The Morgan fingerprint density at radius 2 is 1.00 bits per heavy atom. The van der Waals surface area contributed by atoms with Crippen molar-refractivity contribution in [2.24, 2.45) is 0 Å². The van der Waals surface area contributed by atoms with Gasteiger partial charge in [-0.05, 0) is 24.0 Å². The highest BCUT2D eigenvalue weighted by atomic mass is 33.1. The molecule has 0 aliphatic carbocycles. The number of hydrogen-bond donors (Lipinski definition) is 2. The van der Waals surface area contributed by atoms with Gasteiger partial charge in [-0.15, -0.1) is 0 Å². The van der Waals surface area contributed by atoms with Crippen molar-refractivity contribution >= 4 is 22.0 Å². The monoisotopic (exact) mass is 304 g/mol. The van der Waals surface area contributed by atoms with Gasteiger partial charge in [0.2, 0.25) is 0 Å². The van der Waals surface area contributed by atoms with E-state index in [1.54, 1.807) is 22.0 Å². The zero-order valence-corrected chi connectivity index (χ0v) is 13.1. The van der Waals surface area contributed by atoms with E-state index < -0.39 is 0 Å². The normalized spacial score (nSPS) is 10.6. The third-order valence-electron chi connectivity index (χ3n) is 2.88. The van der Waals surface area contributed by atoms with Gasteiger partial charge in [-0.3, -0.25) is 9.44 Å². The molecule has 2 N–H and O–H groups in total. The second-order valence-corrected chi connectivity index (χ2v) is 6.34. The van der Waals surface area contributed by atoms with Crippen LogP contribution in [0.25, 0.3) is 0 Å². The van der Waals surface area contributed by atoms with Crippen LogP contribution in [-0.4, -0.2) is 13.1 Å². The summed E-state index contributed by atoms with van der Waals surface area (Å²) in [4.78, 5) is 0. The predicted octanol–water partition coefficient (Wildman–Crippen LogP) is 3.86. The van der Waals surface area contributed by atoms with E-state index in [1.807, 2.05) is 0 Å². The van der Waals surface area contributed by atoms with Crippen molar-refractivity contribution < 1.29 is 0 Å². The molecule has 0 bridgehead atoms. The smallest absolute Gasteiger partial charge is 0.0107 e. The molecule has 106 valence electrons. The third-order valence-corrected chi connectivity index (χ3v) is 4.56. The summed E-state index contributed by atoms with van der Waals surface area (Å²) in [6.07, 6.45) is 2.14. The zero-order chi connectivity index (χ0) is 13.9. The van der Waals surface area contributed by atoms with Crippen LogP contribution in [0.5, 0.6) is 0 Å². The van der Waals surface area contributed by atoms with Gasteiger partial charge in [0.25, 0.3) is 0 Å². The van der Waals surface area contributed by atoms with E-state index >= 15 is 0 Å². The zero-order valence-electron chi connectivity index (χ0n) is 11.4. The predicted molar refractivity (Wildman–Crippen MR) is 91.5 cm³/mol. The number of rotatable bonds is 9. The molecule has 0 aromatic heterocycles. The van der Waals surface area contributed by atoms with Crippen LogP contribution in [0.4, 0.5) is 0 Å². The van der Waals surface area contributed by atoms with Crippen LogP contribution in [-0.2, 0) is 12.8 Å². The molecule has 0 unspecified atom stereocenters. The Labute approximate surface area is 129 Å². The van der Waals surface area contributed by atoms with Gasteiger partial charge in [-0.1, -0.05) is 60.7 Å². The highest BCUT2D eigenvalue weighted by Crippen LogP contribution is 2.12. The van der Waals surface area contributed by atoms with Gasteiger partial charge in [-0.2, -0.15) is 0 Å². The summed E-state index contributed by atoms with van der Waals surface area (Å²) in [5.74, 6) is 0. The number of nitrogens with one attached hydrogen (secondary N) is 2. The van der Waals surface area contributed by atoms with E-state index in [9.17, 15) is 0 Å². The molecule has 2 aromatic carbocycles. The lowest BCUT2D eigenvalue weighted by Gasteiger charge is -2.05. The quantitative estimate of drug-likeness (QED) is 0.417. The van der Waals surface area contributed by atoms with Gasteiger partial charge < -0.3 is 0 Å². The van der Waals surface area contributed by atoms with Crippen LogP contribution in [0.1, 0.15) is 11.1 Å². The topological polar surface area (TPSA) is 24.1 Å². The van der Waals surface area contributed by atoms with E-state index in [1.165, 1.54) is 11.1 Å². The molecule has 0 radical (unpaired) electrons. The van der Waals surface area contributed by atoms with E-state index in [-0.39, 0.29) is 0 Å². The van der Waals surface area contributed by atoms with E-state index in [0.717, 1.165) is 25.9 Å². The maximum atomic E-state index is 3.35. The first kappa shape index (κ1) is 15.4. The molecule has 0 aliphatic rings. The standard InChI is InChI=1S/C16H20N2S2/c1-3-7-15(8-4-1)11-13-17-19-20-18-14-12-16-9-5-2-6-10-16/h1-10,17-18H,11-14H2. The first-order valence-corrected chi connectivity index (χ1v) is 8.96. The minimum Gasteiger partial charge on any atom is -0.253 e. The van der Waals surface area contributed by atoms with Crippen LogP contribution in [0.15, 0.2) is 60.7 Å². The lowest BCUT2D eigenvalue weighted by Crippen LogP contribution is -2.11. The molecule has 0 fully saturated rings. The third kappa shape index (κ3) is 6.48. The van der Waals surface area contributed by atoms with Gasteiger partial charge in [0, 0.05) is 35.0 Å². The Balaban J connectivity index is 1.44. The Hall–Kier alpha value is -0.940. The van der Waals surface area contributed by atoms with Crippen molar-refractivity contribution in [2.75, 3.05) is 13.1 Å². The molecule has 0 amide bonds. The maximum Gasteiger partial charge on any atom is 0.0107 e. The fourth-order valence-electron chi connectivity index (χ4n) is 1.82. The van der Waals surface area contributed by atoms with Crippen molar-refractivity contribution in [3.8, 4) is 0 Å². The van der Waals surface area contributed by atoms with E-state index in [4.69, 9.17) is 0 Å². The van der Waals surface area contributed by atoms with Gasteiger partial charge >= 0.3 is 0 Å². The molecule has 0 saturated heterocycles. The van der Waals surface area contributed by atoms with E-state index in [2.05, 4.69) is 70.1 Å². The van der Waals surface area contributed by atoms with Crippen LogP contribution in [0.3, 0.4) is 0 Å². The Morgan fingerprint density at radius 1 is 0.600 bits per heavy atom. The lowest BCUT2D eigenvalue weighted by molar-refractivity contribution is 0.906. The Bertz CT molecular complexity index is 417. The summed E-state index contributed by atoms with van der Waals surface area (Å²) in [7, 11) is 3.33. The minimum atomic E-state index is 0.988. The molecule has 0 atom stereocenters. The molecule has 0 heterocycles. The van der Waals surface area contributed by atoms with Gasteiger partial charge in [0.15, 0.2) is 0 Å². The lowest BCUT2D eigenvalue weighted by atomic mass is 10.2. The minimum absolute atomic E-state index is 0.988. The molecular weight excluding hydrogens is 284 g/mol. The highest BCUT2D eigenvalue weighted by Gasteiger charge is 1.94. The van der Waals surface area contributed by atoms with Crippen LogP contribution in [0, 0.1) is 0 Å². The van der Waals surface area contributed by atoms with Gasteiger partial charge in [0.05, 0.1) is 0 Å². The fourth-order valence-corrected chi connectivity index (χ4v) is 3.16. The summed E-state index contributed by atoms with van der Waals surface area (Å²) in [6.45, 7) is 1.98. The van der Waals surface area contributed by atoms with Gasteiger partial charge in [0.1, 0.15) is 0 Å². The first-order chi connectivity index (χ1) is 9.95. The molecule has 2 rings (SSSR count). The fraction of sp³-hybridized carbons (Fsp3) is 0.250. The Kier molecular flexibility index (Phi) is 7.64. The summed E-state index contributed by atoms with van der Waals surface area (Å²) in [5, 5.41) is 0. The largest absolute Gasteiger partial charge is 0.253 e. The molecule has 2 nitrogen and oxygen atoms in total. The van der Waals surface area contributed by atoms with Crippen molar-refractivity contribution in [1.29, 1.82) is 0 Å². The van der Waals surface area contributed by atoms with Crippen LogP contribution in [0.2, 0.25) is 0 Å². The first-order valence-electron chi connectivity index (χ1n) is 6.81. The van der Waals surface area contributed by atoms with Crippen molar-refractivity contribution in [3.05, 3.63) is 71.8 Å². The summed E-state index contributed by atoms with van der Waals surface area (Å²) >= 11 is 0. The molecule has 2 aromatic rings. The average Bonchev–Trinajstić information content (AvgIpc) is 2.52. The number of hydrogen-bond acceptors (Lipinski definition) is 4. The molecule has 0 saturated carbocycles. The Morgan fingerprint density at radius 3 is 1.40 bits per heavy atom. The SMILES string of the molecule is c1ccc(CCNSSNCCc2ccccc2)cc1. The summed E-state index contributed by atoms with van der Waals surface area (Å²) < 4.78 is 6.70. The highest BCUT2D eigenvalue weighted by molar-refractivity contribution is 8.75.